The third-order valence-electron chi connectivity index (χ3n) is 4.23. The summed E-state index contributed by atoms with van der Waals surface area (Å²) in [6.45, 7) is 2.07. The van der Waals surface area contributed by atoms with Crippen LogP contribution in [0.5, 0.6) is 0 Å². The molecule has 0 saturated heterocycles. The van der Waals surface area contributed by atoms with Crippen LogP contribution in [-0.2, 0) is 0 Å². The molecule has 0 spiro atoms. The molecule has 0 unspecified atom stereocenters. The van der Waals surface area contributed by atoms with Crippen molar-refractivity contribution in [1.29, 1.82) is 0 Å². The van der Waals surface area contributed by atoms with Gasteiger partial charge in [0.05, 0.1) is 11.0 Å². The van der Waals surface area contributed by atoms with Gasteiger partial charge in [0.15, 0.2) is 5.78 Å². The topological polar surface area (TPSA) is 30.0 Å². The van der Waals surface area contributed by atoms with Crippen LogP contribution in [-0.4, -0.2) is 10.8 Å². The van der Waals surface area contributed by atoms with Gasteiger partial charge >= 0.3 is 0 Å². The molecule has 4 aromatic rings. The van der Waals surface area contributed by atoms with Crippen molar-refractivity contribution < 1.29 is 4.79 Å². The zero-order valence-electron chi connectivity index (χ0n) is 13.1. The highest BCUT2D eigenvalue weighted by molar-refractivity contribution is 6.31. The van der Waals surface area contributed by atoms with Gasteiger partial charge in [-0.3, -0.25) is 4.79 Å². The predicted molar refractivity (Wildman–Crippen MR) is 98.9 cm³/mol. The molecule has 0 saturated carbocycles. The maximum absolute atomic E-state index is 12.9. The number of aromatic nitrogens is 1. The van der Waals surface area contributed by atoms with Crippen LogP contribution in [0.1, 0.15) is 21.5 Å². The van der Waals surface area contributed by atoms with Crippen molar-refractivity contribution in [1.82, 2.24) is 4.98 Å². The zero-order valence-corrected chi connectivity index (χ0v) is 13.8. The molecule has 24 heavy (non-hydrogen) atoms. The van der Waals surface area contributed by atoms with E-state index in [1.807, 2.05) is 30.3 Å². The highest BCUT2D eigenvalue weighted by Gasteiger charge is 2.14. The van der Waals surface area contributed by atoms with Gasteiger partial charge in [-0.15, -0.1) is 0 Å². The molecule has 3 heteroatoms. The first kappa shape index (κ1) is 14.9. The summed E-state index contributed by atoms with van der Waals surface area (Å²) in [6, 6.07) is 20.8. The number of carbonyl (C=O) groups excluding carboxylic acids is 1. The number of benzene rings is 3. The molecule has 3 aromatic carbocycles. The molecule has 0 aliphatic rings. The van der Waals surface area contributed by atoms with Crippen molar-refractivity contribution >= 4 is 39.2 Å². The molecule has 0 aliphatic heterocycles. The first-order chi connectivity index (χ1) is 11.6. The van der Waals surface area contributed by atoms with Crippen LogP contribution in [0.25, 0.3) is 21.8 Å². The molecule has 0 aliphatic carbocycles. The monoisotopic (exact) mass is 331 g/mol. The Morgan fingerprint density at radius 1 is 0.958 bits per heavy atom. The van der Waals surface area contributed by atoms with Gasteiger partial charge < -0.3 is 0 Å². The number of pyridine rings is 1. The Morgan fingerprint density at radius 2 is 1.75 bits per heavy atom. The fourth-order valence-electron chi connectivity index (χ4n) is 3.00. The standard InChI is InChI=1S/C21H14ClNO/c1-13-5-2-10-19-18(13)12-14-6-4-9-17(20(14)23-19)21(24)15-7-3-8-16(22)11-15/h2-12H,1H3. The number of para-hydroxylation sites is 1. The lowest BCUT2D eigenvalue weighted by Crippen LogP contribution is -2.03. The molecule has 0 atom stereocenters. The second-order valence-corrected chi connectivity index (χ2v) is 6.28. The van der Waals surface area contributed by atoms with E-state index in [-0.39, 0.29) is 5.78 Å². The summed E-state index contributed by atoms with van der Waals surface area (Å²) >= 11 is 6.02. The third kappa shape index (κ3) is 2.45. The lowest BCUT2D eigenvalue weighted by molar-refractivity contribution is 0.104. The van der Waals surface area contributed by atoms with Crippen molar-refractivity contribution in [2.24, 2.45) is 0 Å². The van der Waals surface area contributed by atoms with Crippen LogP contribution in [0.3, 0.4) is 0 Å². The molecule has 116 valence electrons. The van der Waals surface area contributed by atoms with Crippen molar-refractivity contribution in [3.05, 3.63) is 88.4 Å². The summed E-state index contributed by atoms with van der Waals surface area (Å²) in [5.74, 6) is -0.0670. The number of nitrogens with zero attached hydrogens (tertiary/aromatic N) is 1. The average Bonchev–Trinajstić information content (AvgIpc) is 2.59. The van der Waals surface area contributed by atoms with Gasteiger partial charge in [-0.2, -0.15) is 0 Å². The Bertz CT molecular complexity index is 1100. The summed E-state index contributed by atoms with van der Waals surface area (Å²) in [6.07, 6.45) is 0. The molecule has 1 heterocycles. The van der Waals surface area contributed by atoms with Crippen LogP contribution in [0.2, 0.25) is 5.02 Å². The van der Waals surface area contributed by atoms with E-state index in [1.165, 1.54) is 5.56 Å². The van der Waals surface area contributed by atoms with Crippen LogP contribution in [0.4, 0.5) is 0 Å². The first-order valence-electron chi connectivity index (χ1n) is 7.73. The second kappa shape index (κ2) is 5.73. The molecule has 1 aromatic heterocycles. The normalized spacial score (nSPS) is 11.1. The Morgan fingerprint density at radius 3 is 2.58 bits per heavy atom. The number of hydrogen-bond donors (Lipinski definition) is 0. The summed E-state index contributed by atoms with van der Waals surface area (Å²) in [5.41, 5.74) is 3.96. The summed E-state index contributed by atoms with van der Waals surface area (Å²) < 4.78 is 0. The highest BCUT2D eigenvalue weighted by Crippen LogP contribution is 2.26. The predicted octanol–water partition coefficient (Wildman–Crippen LogP) is 5.58. The van der Waals surface area contributed by atoms with Crippen molar-refractivity contribution in [3.63, 3.8) is 0 Å². The van der Waals surface area contributed by atoms with E-state index in [0.717, 1.165) is 21.8 Å². The van der Waals surface area contributed by atoms with Crippen LogP contribution < -0.4 is 0 Å². The van der Waals surface area contributed by atoms with E-state index in [1.54, 1.807) is 24.3 Å². The molecule has 2 nitrogen and oxygen atoms in total. The number of ketones is 1. The third-order valence-corrected chi connectivity index (χ3v) is 4.47. The number of halogens is 1. The quantitative estimate of drug-likeness (QED) is 0.354. The minimum absolute atomic E-state index is 0.0670. The maximum Gasteiger partial charge on any atom is 0.195 e. The Balaban J connectivity index is 1.97. The lowest BCUT2D eigenvalue weighted by Gasteiger charge is -2.08. The Labute approximate surface area is 144 Å². The van der Waals surface area contributed by atoms with E-state index in [0.29, 0.717) is 16.1 Å². The Hall–Kier alpha value is -2.71. The highest BCUT2D eigenvalue weighted by atomic mass is 35.5. The fraction of sp³-hybridized carbons (Fsp3) is 0.0476. The number of aryl methyl sites for hydroxylation is 1. The minimum Gasteiger partial charge on any atom is -0.289 e. The number of fused-ring (bicyclic) bond motifs is 2. The number of rotatable bonds is 2. The number of carbonyl (C=O) groups is 1. The van der Waals surface area contributed by atoms with E-state index in [4.69, 9.17) is 16.6 Å². The Kier molecular flexibility index (Phi) is 3.55. The smallest absolute Gasteiger partial charge is 0.195 e. The molecule has 0 amide bonds. The van der Waals surface area contributed by atoms with Gasteiger partial charge in [-0.05, 0) is 42.8 Å². The molecule has 0 radical (unpaired) electrons. The molecular formula is C21H14ClNO. The molecule has 0 fully saturated rings. The summed E-state index contributed by atoms with van der Waals surface area (Å²) in [4.78, 5) is 17.7. The average molecular weight is 332 g/mol. The molecule has 4 rings (SSSR count). The zero-order chi connectivity index (χ0) is 16.7. The van der Waals surface area contributed by atoms with Crippen molar-refractivity contribution in [2.75, 3.05) is 0 Å². The lowest BCUT2D eigenvalue weighted by atomic mass is 9.99. The van der Waals surface area contributed by atoms with Crippen LogP contribution >= 0.6 is 11.6 Å². The minimum atomic E-state index is -0.0670. The summed E-state index contributed by atoms with van der Waals surface area (Å²) in [7, 11) is 0. The first-order valence-corrected chi connectivity index (χ1v) is 8.11. The summed E-state index contributed by atoms with van der Waals surface area (Å²) in [5, 5.41) is 2.62. The van der Waals surface area contributed by atoms with Gasteiger partial charge in [0.25, 0.3) is 0 Å². The second-order valence-electron chi connectivity index (χ2n) is 5.85. The van der Waals surface area contributed by atoms with Gasteiger partial charge in [0.1, 0.15) is 0 Å². The van der Waals surface area contributed by atoms with Gasteiger partial charge in [-0.1, -0.05) is 48.0 Å². The fourth-order valence-corrected chi connectivity index (χ4v) is 3.19. The van der Waals surface area contributed by atoms with E-state index >= 15 is 0 Å². The van der Waals surface area contributed by atoms with E-state index in [2.05, 4.69) is 19.1 Å². The maximum atomic E-state index is 12.9. The molecule has 0 N–H and O–H groups in total. The van der Waals surface area contributed by atoms with E-state index < -0.39 is 0 Å². The van der Waals surface area contributed by atoms with Gasteiger partial charge in [-0.25, -0.2) is 4.98 Å². The molecule has 0 bridgehead atoms. The van der Waals surface area contributed by atoms with Gasteiger partial charge in [0, 0.05) is 26.9 Å². The van der Waals surface area contributed by atoms with E-state index in [9.17, 15) is 4.79 Å². The largest absolute Gasteiger partial charge is 0.289 e. The number of hydrogen-bond acceptors (Lipinski definition) is 2. The van der Waals surface area contributed by atoms with Crippen LogP contribution in [0.15, 0.2) is 66.7 Å². The SMILES string of the molecule is Cc1cccc2nc3c(C(=O)c4cccc(Cl)c4)cccc3cc12. The van der Waals surface area contributed by atoms with Crippen molar-refractivity contribution in [2.45, 2.75) is 6.92 Å². The van der Waals surface area contributed by atoms with Crippen molar-refractivity contribution in [3.8, 4) is 0 Å². The van der Waals surface area contributed by atoms with Gasteiger partial charge in [0.2, 0.25) is 0 Å². The van der Waals surface area contributed by atoms with Crippen LogP contribution in [0, 0.1) is 6.92 Å². The molecular weight excluding hydrogens is 318 g/mol.